The van der Waals surface area contributed by atoms with Crippen LogP contribution in [0.1, 0.15) is 30.5 Å². The van der Waals surface area contributed by atoms with E-state index < -0.39 is 0 Å². The van der Waals surface area contributed by atoms with Crippen molar-refractivity contribution in [2.24, 2.45) is 0 Å². The molecular formula is C14H15Cl2NS. The monoisotopic (exact) mass is 299 g/mol. The molecule has 1 aromatic carbocycles. The fourth-order valence-electron chi connectivity index (χ4n) is 1.89. The highest BCUT2D eigenvalue weighted by molar-refractivity contribution is 7.07. The molecule has 0 spiro atoms. The fourth-order valence-corrected chi connectivity index (χ4v) is 3.10. The molecule has 2 aromatic rings. The highest BCUT2D eigenvalue weighted by Gasteiger charge is 2.12. The molecule has 2 rings (SSSR count). The minimum atomic E-state index is 0.259. The zero-order chi connectivity index (χ0) is 13.0. The second kappa shape index (κ2) is 6.58. The Morgan fingerprint density at radius 3 is 2.72 bits per heavy atom. The van der Waals surface area contributed by atoms with E-state index in [1.807, 2.05) is 12.1 Å². The van der Waals surface area contributed by atoms with Gasteiger partial charge < -0.3 is 5.32 Å². The van der Waals surface area contributed by atoms with Crippen molar-refractivity contribution in [1.82, 2.24) is 5.32 Å². The van der Waals surface area contributed by atoms with Crippen molar-refractivity contribution < 1.29 is 0 Å². The molecule has 1 unspecified atom stereocenters. The van der Waals surface area contributed by atoms with E-state index in [2.05, 4.69) is 29.1 Å². The first kappa shape index (κ1) is 13.9. The first-order valence-electron chi connectivity index (χ1n) is 5.90. The van der Waals surface area contributed by atoms with Crippen molar-refractivity contribution in [2.75, 3.05) is 0 Å². The molecule has 0 aliphatic heterocycles. The predicted molar refractivity (Wildman–Crippen MR) is 80.7 cm³/mol. The number of rotatable bonds is 5. The van der Waals surface area contributed by atoms with Crippen molar-refractivity contribution in [2.45, 2.75) is 25.9 Å². The molecule has 0 amide bonds. The Kier molecular flexibility index (Phi) is 5.07. The minimum Gasteiger partial charge on any atom is -0.306 e. The van der Waals surface area contributed by atoms with Gasteiger partial charge in [-0.15, -0.1) is 0 Å². The van der Waals surface area contributed by atoms with Crippen LogP contribution in [0.15, 0.2) is 35.0 Å². The quantitative estimate of drug-likeness (QED) is 0.790. The fraction of sp³-hybridized carbons (Fsp3) is 0.286. The highest BCUT2D eigenvalue weighted by Crippen LogP contribution is 2.28. The van der Waals surface area contributed by atoms with E-state index in [0.717, 1.165) is 23.6 Å². The second-order valence-corrected chi connectivity index (χ2v) is 5.76. The van der Waals surface area contributed by atoms with Gasteiger partial charge in [0, 0.05) is 22.6 Å². The van der Waals surface area contributed by atoms with Gasteiger partial charge in [-0.25, -0.2) is 0 Å². The molecule has 0 saturated carbocycles. The van der Waals surface area contributed by atoms with Crippen LogP contribution in [0.4, 0.5) is 0 Å². The molecule has 0 fully saturated rings. The molecule has 1 aromatic heterocycles. The lowest BCUT2D eigenvalue weighted by molar-refractivity contribution is 0.519. The number of halogens is 2. The van der Waals surface area contributed by atoms with Crippen molar-refractivity contribution in [3.8, 4) is 0 Å². The van der Waals surface area contributed by atoms with E-state index in [1.165, 1.54) is 5.56 Å². The molecule has 1 N–H and O–H groups in total. The second-order valence-electron chi connectivity index (χ2n) is 4.14. The molecule has 1 nitrogen and oxygen atoms in total. The maximum Gasteiger partial charge on any atom is 0.0468 e. The summed E-state index contributed by atoms with van der Waals surface area (Å²) in [4.78, 5) is 0. The van der Waals surface area contributed by atoms with Crippen LogP contribution in [0.2, 0.25) is 10.0 Å². The zero-order valence-corrected chi connectivity index (χ0v) is 12.4. The molecule has 0 aliphatic carbocycles. The van der Waals surface area contributed by atoms with Gasteiger partial charge in [0.2, 0.25) is 0 Å². The minimum absolute atomic E-state index is 0.259. The molecule has 1 heterocycles. The molecule has 0 radical (unpaired) electrons. The van der Waals surface area contributed by atoms with E-state index in [4.69, 9.17) is 23.2 Å². The van der Waals surface area contributed by atoms with E-state index >= 15 is 0 Å². The van der Waals surface area contributed by atoms with E-state index in [0.29, 0.717) is 5.02 Å². The van der Waals surface area contributed by atoms with E-state index in [1.54, 1.807) is 17.4 Å². The Labute approximate surface area is 122 Å². The Hall–Kier alpha value is -0.540. The SMILES string of the molecule is CCC(NCc1ccsc1)c1ccc(Cl)cc1Cl. The Bertz CT molecular complexity index is 497. The Balaban J connectivity index is 2.08. The summed E-state index contributed by atoms with van der Waals surface area (Å²) < 4.78 is 0. The summed E-state index contributed by atoms with van der Waals surface area (Å²) in [6, 6.07) is 8.08. The number of thiophene rings is 1. The average Bonchev–Trinajstić information content (AvgIpc) is 2.85. The number of nitrogens with one attached hydrogen (secondary N) is 1. The largest absolute Gasteiger partial charge is 0.306 e. The van der Waals surface area contributed by atoms with Crippen molar-refractivity contribution in [1.29, 1.82) is 0 Å². The van der Waals surface area contributed by atoms with Gasteiger partial charge in [0.25, 0.3) is 0 Å². The van der Waals surface area contributed by atoms with Crippen molar-refractivity contribution in [3.05, 3.63) is 56.2 Å². The standard InChI is InChI=1S/C14H15Cl2NS/c1-2-14(17-8-10-5-6-18-9-10)12-4-3-11(15)7-13(12)16/h3-7,9,14,17H,2,8H2,1H3. The van der Waals surface area contributed by atoms with E-state index in [-0.39, 0.29) is 6.04 Å². The maximum atomic E-state index is 6.24. The third-order valence-electron chi connectivity index (χ3n) is 2.88. The van der Waals surface area contributed by atoms with Crippen molar-refractivity contribution in [3.63, 3.8) is 0 Å². The molecular weight excluding hydrogens is 285 g/mol. The van der Waals surface area contributed by atoms with Crippen LogP contribution < -0.4 is 5.32 Å². The number of benzene rings is 1. The smallest absolute Gasteiger partial charge is 0.0468 e. The number of hydrogen-bond acceptors (Lipinski definition) is 2. The average molecular weight is 300 g/mol. The lowest BCUT2D eigenvalue weighted by atomic mass is 10.0. The van der Waals surface area contributed by atoms with Gasteiger partial charge in [0.15, 0.2) is 0 Å². The summed E-state index contributed by atoms with van der Waals surface area (Å²) in [6.07, 6.45) is 0.992. The Morgan fingerprint density at radius 1 is 1.28 bits per heavy atom. The molecule has 4 heteroatoms. The van der Waals surface area contributed by atoms with Crippen LogP contribution in [-0.2, 0) is 6.54 Å². The van der Waals surface area contributed by atoms with Gasteiger partial charge in [0.1, 0.15) is 0 Å². The first-order chi connectivity index (χ1) is 8.70. The van der Waals surface area contributed by atoms with Gasteiger partial charge in [-0.3, -0.25) is 0 Å². The normalized spacial score (nSPS) is 12.6. The lowest BCUT2D eigenvalue weighted by Crippen LogP contribution is -2.20. The summed E-state index contributed by atoms with van der Waals surface area (Å²) in [7, 11) is 0. The van der Waals surface area contributed by atoms with Gasteiger partial charge in [-0.05, 0) is 46.5 Å². The summed E-state index contributed by atoms with van der Waals surface area (Å²) >= 11 is 13.9. The molecule has 0 aliphatic rings. The number of hydrogen-bond donors (Lipinski definition) is 1. The third-order valence-corrected chi connectivity index (χ3v) is 4.17. The Morgan fingerprint density at radius 2 is 2.11 bits per heavy atom. The van der Waals surface area contributed by atoms with E-state index in [9.17, 15) is 0 Å². The van der Waals surface area contributed by atoms with Gasteiger partial charge in [-0.2, -0.15) is 11.3 Å². The van der Waals surface area contributed by atoms with Crippen LogP contribution >= 0.6 is 34.5 Å². The van der Waals surface area contributed by atoms with Crippen LogP contribution in [-0.4, -0.2) is 0 Å². The molecule has 1 atom stereocenters. The molecule has 0 bridgehead atoms. The lowest BCUT2D eigenvalue weighted by Gasteiger charge is -2.18. The summed E-state index contributed by atoms with van der Waals surface area (Å²) in [5, 5.41) is 9.18. The topological polar surface area (TPSA) is 12.0 Å². The van der Waals surface area contributed by atoms with Crippen LogP contribution in [0.3, 0.4) is 0 Å². The van der Waals surface area contributed by atoms with Crippen LogP contribution in [0, 0.1) is 0 Å². The van der Waals surface area contributed by atoms with Crippen LogP contribution in [0.5, 0.6) is 0 Å². The molecule has 0 saturated heterocycles. The first-order valence-corrected chi connectivity index (χ1v) is 7.60. The van der Waals surface area contributed by atoms with Gasteiger partial charge in [0.05, 0.1) is 0 Å². The van der Waals surface area contributed by atoms with Crippen molar-refractivity contribution >= 4 is 34.5 Å². The van der Waals surface area contributed by atoms with Crippen LogP contribution in [0.25, 0.3) is 0 Å². The predicted octanol–water partition coefficient (Wildman–Crippen LogP) is 5.30. The summed E-state index contributed by atoms with van der Waals surface area (Å²) in [6.45, 7) is 3.01. The van der Waals surface area contributed by atoms with Gasteiger partial charge >= 0.3 is 0 Å². The molecule has 96 valence electrons. The highest BCUT2D eigenvalue weighted by atomic mass is 35.5. The van der Waals surface area contributed by atoms with Gasteiger partial charge in [-0.1, -0.05) is 36.2 Å². The maximum absolute atomic E-state index is 6.24. The zero-order valence-electron chi connectivity index (χ0n) is 10.1. The summed E-state index contributed by atoms with van der Waals surface area (Å²) in [5.41, 5.74) is 2.42. The molecule has 18 heavy (non-hydrogen) atoms. The third kappa shape index (κ3) is 3.48. The summed E-state index contributed by atoms with van der Waals surface area (Å²) in [5.74, 6) is 0.